The molecule has 0 amide bonds. The number of unbranched alkanes of at least 4 members (excludes halogenated alkanes) is 4. The zero-order valence-electron chi connectivity index (χ0n) is 17.3. The van der Waals surface area contributed by atoms with Crippen LogP contribution in [-0.2, 0) is 25.0 Å². The van der Waals surface area contributed by atoms with Crippen LogP contribution in [0.15, 0.2) is 24.3 Å². The van der Waals surface area contributed by atoms with Crippen LogP contribution in [0.4, 0.5) is 0 Å². The second kappa shape index (κ2) is 29.8. The molecule has 0 N–H and O–H groups in total. The fourth-order valence-corrected chi connectivity index (χ4v) is 1.54. The van der Waals surface area contributed by atoms with E-state index in [2.05, 4.69) is 72.2 Å². The summed E-state index contributed by atoms with van der Waals surface area (Å²) in [6.07, 6.45) is 11.2. The molecule has 0 bridgehead atoms. The first kappa shape index (κ1) is 30.7. The van der Waals surface area contributed by atoms with E-state index in [9.17, 15) is 0 Å². The molecule has 1 radical (unpaired) electrons. The van der Waals surface area contributed by atoms with E-state index in [0.29, 0.717) is 0 Å². The standard InChI is InChI=1S/C11H16.C6H13.C3H8.C2H6.V/c1-3-4-5-11-8-6-10(2)7-9-11;1-3-5-6-4-2;1-3-2;1-2;/h6-9H,3-5H2,1-2H3;5H,3-4,6H2,1-2H3;3H2,1-2H3;1-2H3;/q;-1;;;. The average Bonchev–Trinajstić information content (AvgIpc) is 2.55. The van der Waals surface area contributed by atoms with Crippen molar-refractivity contribution in [2.45, 2.75) is 100 Å². The molecule has 0 spiro atoms. The van der Waals surface area contributed by atoms with Gasteiger partial charge in [-0.25, -0.2) is 0 Å². The van der Waals surface area contributed by atoms with Crippen LogP contribution in [0.3, 0.4) is 0 Å². The summed E-state index contributed by atoms with van der Waals surface area (Å²) in [6, 6.07) is 8.83. The maximum Gasteiger partial charge on any atom is 0 e. The molecule has 1 heteroatoms. The molecule has 1 aromatic carbocycles. The zero-order valence-corrected chi connectivity index (χ0v) is 18.7. The van der Waals surface area contributed by atoms with Crippen molar-refractivity contribution >= 4 is 0 Å². The minimum Gasteiger partial charge on any atom is -0.329 e. The summed E-state index contributed by atoms with van der Waals surface area (Å²) in [5, 5.41) is 0. The molecular weight excluding hydrogens is 315 g/mol. The van der Waals surface area contributed by atoms with Crippen LogP contribution in [0.1, 0.15) is 98.1 Å². The molecule has 0 atom stereocenters. The fraction of sp³-hybridized carbons (Fsp3) is 0.682. The molecule has 0 aliphatic heterocycles. The number of hydrogen-bond acceptors (Lipinski definition) is 0. The van der Waals surface area contributed by atoms with E-state index in [0.717, 1.165) is 0 Å². The van der Waals surface area contributed by atoms with Crippen LogP contribution in [0.25, 0.3) is 0 Å². The van der Waals surface area contributed by atoms with Gasteiger partial charge < -0.3 is 6.42 Å². The van der Waals surface area contributed by atoms with Crippen molar-refractivity contribution in [3.8, 4) is 0 Å². The Morgan fingerprint density at radius 3 is 1.61 bits per heavy atom. The van der Waals surface area contributed by atoms with Crippen LogP contribution in [0, 0.1) is 13.3 Å². The van der Waals surface area contributed by atoms with E-state index >= 15 is 0 Å². The first-order valence-electron chi connectivity index (χ1n) is 9.53. The number of aryl methyl sites for hydroxylation is 2. The summed E-state index contributed by atoms with van der Waals surface area (Å²) < 4.78 is 0. The normalized spacial score (nSPS) is 8.17. The Hall–Kier alpha value is -0.196. The van der Waals surface area contributed by atoms with Crippen molar-refractivity contribution in [2.75, 3.05) is 0 Å². The van der Waals surface area contributed by atoms with Crippen LogP contribution < -0.4 is 0 Å². The van der Waals surface area contributed by atoms with Crippen LogP contribution >= 0.6 is 0 Å². The van der Waals surface area contributed by atoms with Gasteiger partial charge in [-0.15, -0.1) is 0 Å². The molecule has 0 aliphatic rings. The smallest absolute Gasteiger partial charge is 0 e. The molecule has 0 unspecified atom stereocenters. The zero-order chi connectivity index (χ0) is 17.6. The monoisotopic (exact) mass is 358 g/mol. The largest absolute Gasteiger partial charge is 0.329 e. The summed E-state index contributed by atoms with van der Waals surface area (Å²) in [7, 11) is 0. The van der Waals surface area contributed by atoms with Crippen molar-refractivity contribution in [1.82, 2.24) is 0 Å². The minimum atomic E-state index is 0. The van der Waals surface area contributed by atoms with Crippen molar-refractivity contribution in [1.29, 1.82) is 0 Å². The van der Waals surface area contributed by atoms with Gasteiger partial charge in [0, 0.05) is 18.6 Å². The maximum atomic E-state index is 2.31. The van der Waals surface area contributed by atoms with Gasteiger partial charge in [0.1, 0.15) is 0 Å². The summed E-state index contributed by atoms with van der Waals surface area (Å²) >= 11 is 0. The topological polar surface area (TPSA) is 0 Å². The fourth-order valence-electron chi connectivity index (χ4n) is 1.54. The molecule has 1 rings (SSSR count). The van der Waals surface area contributed by atoms with Crippen molar-refractivity contribution in [2.24, 2.45) is 0 Å². The summed E-state index contributed by atoms with van der Waals surface area (Å²) in [5.74, 6) is 0. The molecule has 1 aromatic rings. The first-order chi connectivity index (χ1) is 10.7. The predicted octanol–water partition coefficient (Wildman–Crippen LogP) is 8.18. The van der Waals surface area contributed by atoms with Crippen molar-refractivity contribution in [3.63, 3.8) is 0 Å². The molecule has 137 valence electrons. The molecular formula is C22H43V-. The summed E-state index contributed by atoms with van der Waals surface area (Å²) in [5.41, 5.74) is 2.82. The second-order valence-electron chi connectivity index (χ2n) is 5.28. The van der Waals surface area contributed by atoms with Gasteiger partial charge in [-0.3, -0.25) is 0 Å². The van der Waals surface area contributed by atoms with E-state index in [4.69, 9.17) is 0 Å². The summed E-state index contributed by atoms with van der Waals surface area (Å²) in [6.45, 7) is 17.0. The Kier molecular flexibility index (Phi) is 39.7. The number of benzene rings is 1. The first-order valence-corrected chi connectivity index (χ1v) is 9.53. The Balaban J connectivity index is -0.000000129. The second-order valence-corrected chi connectivity index (χ2v) is 5.28. The predicted molar refractivity (Wildman–Crippen MR) is 107 cm³/mol. The van der Waals surface area contributed by atoms with E-state index in [1.807, 2.05) is 13.8 Å². The van der Waals surface area contributed by atoms with Crippen molar-refractivity contribution in [3.05, 3.63) is 41.8 Å². The molecule has 0 nitrogen and oxygen atoms in total. The van der Waals surface area contributed by atoms with Crippen LogP contribution in [-0.4, -0.2) is 0 Å². The molecule has 0 fully saturated rings. The van der Waals surface area contributed by atoms with E-state index in [1.165, 1.54) is 56.1 Å². The summed E-state index contributed by atoms with van der Waals surface area (Å²) in [4.78, 5) is 0. The average molecular weight is 359 g/mol. The third-order valence-corrected chi connectivity index (χ3v) is 2.72. The number of rotatable bonds is 6. The maximum absolute atomic E-state index is 2.31. The van der Waals surface area contributed by atoms with Crippen LogP contribution in [0.5, 0.6) is 0 Å². The SMILES string of the molecule is CC.CCC.CCCCc1ccc(C)cc1.CC[CH-]CCC.[V]. The van der Waals surface area contributed by atoms with Gasteiger partial charge in [-0.2, -0.15) is 12.8 Å². The third-order valence-electron chi connectivity index (χ3n) is 2.72. The van der Waals surface area contributed by atoms with Gasteiger partial charge in [-0.1, -0.05) is 97.6 Å². The minimum absolute atomic E-state index is 0. The van der Waals surface area contributed by atoms with Crippen LogP contribution in [0.2, 0.25) is 0 Å². The van der Waals surface area contributed by atoms with E-state index in [-0.39, 0.29) is 18.6 Å². The molecule has 0 aliphatic carbocycles. The van der Waals surface area contributed by atoms with Gasteiger partial charge in [0.05, 0.1) is 0 Å². The molecule has 0 saturated heterocycles. The van der Waals surface area contributed by atoms with Gasteiger partial charge >= 0.3 is 0 Å². The van der Waals surface area contributed by atoms with Gasteiger partial charge in [-0.05, 0) is 25.3 Å². The molecule has 23 heavy (non-hydrogen) atoms. The van der Waals surface area contributed by atoms with E-state index in [1.54, 1.807) is 0 Å². The Morgan fingerprint density at radius 2 is 1.30 bits per heavy atom. The third kappa shape index (κ3) is 30.3. The number of hydrogen-bond donors (Lipinski definition) is 0. The van der Waals surface area contributed by atoms with Gasteiger partial charge in [0.2, 0.25) is 0 Å². The van der Waals surface area contributed by atoms with Crippen molar-refractivity contribution < 1.29 is 18.6 Å². The molecule has 0 aromatic heterocycles. The Labute approximate surface area is 160 Å². The quantitative estimate of drug-likeness (QED) is 0.355. The Bertz CT molecular complexity index is 260. The molecule has 0 saturated carbocycles. The van der Waals surface area contributed by atoms with Gasteiger partial charge in [0.15, 0.2) is 0 Å². The van der Waals surface area contributed by atoms with Gasteiger partial charge in [0.25, 0.3) is 0 Å². The molecule has 0 heterocycles. The van der Waals surface area contributed by atoms with E-state index < -0.39 is 0 Å². The Morgan fingerprint density at radius 1 is 0.826 bits per heavy atom.